The molecule has 0 radical (unpaired) electrons. The van der Waals surface area contributed by atoms with Crippen molar-refractivity contribution >= 4 is 11.6 Å². The molecule has 96 valence electrons. The van der Waals surface area contributed by atoms with E-state index >= 15 is 0 Å². The summed E-state index contributed by atoms with van der Waals surface area (Å²) < 4.78 is 2.07. The van der Waals surface area contributed by atoms with Gasteiger partial charge in [-0.15, -0.1) is 0 Å². The third-order valence-corrected chi connectivity index (χ3v) is 2.87. The average Bonchev–Trinajstić information content (AvgIpc) is 2.74. The maximum absolute atomic E-state index is 5.97. The number of nitrogens with one attached hydrogen (secondary N) is 1. The van der Waals surface area contributed by atoms with Crippen LogP contribution in [0.15, 0.2) is 36.8 Å². The van der Waals surface area contributed by atoms with E-state index in [2.05, 4.69) is 41.0 Å². The van der Waals surface area contributed by atoms with Crippen LogP contribution in [0.5, 0.6) is 0 Å². The quantitative estimate of drug-likeness (QED) is 0.899. The zero-order valence-corrected chi connectivity index (χ0v) is 11.5. The lowest BCUT2D eigenvalue weighted by atomic mass is 10.2. The van der Waals surface area contributed by atoms with E-state index in [0.29, 0.717) is 6.04 Å². The largest absolute Gasteiger partial charge is 0.333 e. The van der Waals surface area contributed by atoms with E-state index in [1.807, 2.05) is 24.5 Å². The molecule has 0 unspecified atom stereocenters. The molecule has 4 heteroatoms. The zero-order valence-electron chi connectivity index (χ0n) is 10.7. The SMILES string of the molecule is CC(C)NCc1cn(Cc2cccc(Cl)c2)cn1. The number of aromatic nitrogens is 2. The highest BCUT2D eigenvalue weighted by molar-refractivity contribution is 6.30. The van der Waals surface area contributed by atoms with Crippen molar-refractivity contribution in [2.24, 2.45) is 0 Å². The summed E-state index contributed by atoms with van der Waals surface area (Å²) in [6, 6.07) is 8.38. The van der Waals surface area contributed by atoms with Gasteiger partial charge in [0.1, 0.15) is 0 Å². The van der Waals surface area contributed by atoms with E-state index in [1.54, 1.807) is 0 Å². The fraction of sp³-hybridized carbons (Fsp3) is 0.357. The van der Waals surface area contributed by atoms with Gasteiger partial charge >= 0.3 is 0 Å². The van der Waals surface area contributed by atoms with Gasteiger partial charge in [-0.25, -0.2) is 4.98 Å². The Bertz CT molecular complexity index is 505. The molecule has 0 aliphatic carbocycles. The Morgan fingerprint density at radius 1 is 1.39 bits per heavy atom. The number of imidazole rings is 1. The van der Waals surface area contributed by atoms with E-state index in [4.69, 9.17) is 11.6 Å². The molecule has 0 fully saturated rings. The average molecular weight is 264 g/mol. The summed E-state index contributed by atoms with van der Waals surface area (Å²) in [4.78, 5) is 4.37. The second-order valence-electron chi connectivity index (χ2n) is 4.70. The standard InChI is InChI=1S/C14H18ClN3/c1-11(2)16-7-14-9-18(10-17-14)8-12-4-3-5-13(15)6-12/h3-6,9-11,16H,7-8H2,1-2H3. The molecule has 3 nitrogen and oxygen atoms in total. The van der Waals surface area contributed by atoms with Gasteiger partial charge in [0.15, 0.2) is 0 Å². The van der Waals surface area contributed by atoms with Crippen LogP contribution < -0.4 is 5.32 Å². The lowest BCUT2D eigenvalue weighted by molar-refractivity contribution is 0.582. The van der Waals surface area contributed by atoms with Crippen LogP contribution in [0.3, 0.4) is 0 Å². The predicted molar refractivity (Wildman–Crippen MR) is 74.8 cm³/mol. The summed E-state index contributed by atoms with van der Waals surface area (Å²) in [5.41, 5.74) is 2.24. The highest BCUT2D eigenvalue weighted by Crippen LogP contribution is 2.12. The summed E-state index contributed by atoms with van der Waals surface area (Å²) >= 11 is 5.97. The fourth-order valence-corrected chi connectivity index (χ4v) is 1.95. The predicted octanol–water partition coefficient (Wildman–Crippen LogP) is 3.08. The second-order valence-corrected chi connectivity index (χ2v) is 5.14. The monoisotopic (exact) mass is 263 g/mol. The molecule has 1 heterocycles. The van der Waals surface area contributed by atoms with Crippen molar-refractivity contribution in [2.75, 3.05) is 0 Å². The summed E-state index contributed by atoms with van der Waals surface area (Å²) in [5, 5.41) is 4.12. The third-order valence-electron chi connectivity index (χ3n) is 2.63. The number of rotatable bonds is 5. The van der Waals surface area contributed by atoms with E-state index < -0.39 is 0 Å². The maximum Gasteiger partial charge on any atom is 0.0953 e. The topological polar surface area (TPSA) is 29.9 Å². The molecule has 0 spiro atoms. The van der Waals surface area contributed by atoms with Gasteiger partial charge in [-0.2, -0.15) is 0 Å². The molecule has 0 bridgehead atoms. The van der Waals surface area contributed by atoms with Crippen molar-refractivity contribution in [3.8, 4) is 0 Å². The fourth-order valence-electron chi connectivity index (χ4n) is 1.74. The smallest absolute Gasteiger partial charge is 0.0953 e. The molecule has 1 N–H and O–H groups in total. The Labute approximate surface area is 113 Å². The van der Waals surface area contributed by atoms with E-state index in [1.165, 1.54) is 5.56 Å². The van der Waals surface area contributed by atoms with Crippen LogP contribution in [0.25, 0.3) is 0 Å². The van der Waals surface area contributed by atoms with Gasteiger partial charge in [-0.3, -0.25) is 0 Å². The summed E-state index contributed by atoms with van der Waals surface area (Å²) in [6.07, 6.45) is 3.93. The van der Waals surface area contributed by atoms with E-state index in [9.17, 15) is 0 Å². The first-order valence-corrected chi connectivity index (χ1v) is 6.50. The molecule has 0 aliphatic rings. The molecule has 0 aliphatic heterocycles. The van der Waals surface area contributed by atoms with Crippen molar-refractivity contribution in [3.63, 3.8) is 0 Å². The number of hydrogen-bond acceptors (Lipinski definition) is 2. The van der Waals surface area contributed by atoms with Gasteiger partial charge in [0.05, 0.1) is 12.0 Å². The van der Waals surface area contributed by atoms with Crippen LogP contribution in [0.2, 0.25) is 5.02 Å². The maximum atomic E-state index is 5.97. The second kappa shape index (κ2) is 6.03. The molecule has 2 rings (SSSR count). The lowest BCUT2D eigenvalue weighted by Crippen LogP contribution is -2.21. The minimum Gasteiger partial charge on any atom is -0.333 e. The van der Waals surface area contributed by atoms with Crippen LogP contribution in [-0.4, -0.2) is 15.6 Å². The van der Waals surface area contributed by atoms with Gasteiger partial charge in [0.2, 0.25) is 0 Å². The number of benzene rings is 1. The van der Waals surface area contributed by atoms with Gasteiger partial charge in [-0.05, 0) is 17.7 Å². The number of hydrogen-bond donors (Lipinski definition) is 1. The molecule has 1 aromatic heterocycles. The van der Waals surface area contributed by atoms with Crippen LogP contribution in [0.1, 0.15) is 25.1 Å². The van der Waals surface area contributed by atoms with Crippen molar-refractivity contribution < 1.29 is 0 Å². The van der Waals surface area contributed by atoms with Gasteiger partial charge in [-0.1, -0.05) is 37.6 Å². The molecule has 0 atom stereocenters. The van der Waals surface area contributed by atoms with E-state index in [0.717, 1.165) is 23.8 Å². The van der Waals surface area contributed by atoms with Crippen LogP contribution in [-0.2, 0) is 13.1 Å². The van der Waals surface area contributed by atoms with Gasteiger partial charge in [0, 0.05) is 30.4 Å². The van der Waals surface area contributed by atoms with Crippen LogP contribution >= 0.6 is 11.6 Å². The van der Waals surface area contributed by atoms with E-state index in [-0.39, 0.29) is 0 Å². The molecule has 2 aromatic rings. The first-order chi connectivity index (χ1) is 8.63. The molecule has 0 saturated heterocycles. The Kier molecular flexibility index (Phi) is 4.39. The van der Waals surface area contributed by atoms with Crippen molar-refractivity contribution in [2.45, 2.75) is 33.0 Å². The molecule has 18 heavy (non-hydrogen) atoms. The van der Waals surface area contributed by atoms with Crippen LogP contribution in [0, 0.1) is 0 Å². The lowest BCUT2D eigenvalue weighted by Gasteiger charge is -2.05. The Balaban J connectivity index is 1.98. The summed E-state index contributed by atoms with van der Waals surface area (Å²) in [7, 11) is 0. The molecule has 0 saturated carbocycles. The van der Waals surface area contributed by atoms with Crippen LogP contribution in [0.4, 0.5) is 0 Å². The normalized spacial score (nSPS) is 11.1. The van der Waals surface area contributed by atoms with Gasteiger partial charge in [0.25, 0.3) is 0 Å². The first-order valence-electron chi connectivity index (χ1n) is 6.12. The summed E-state index contributed by atoms with van der Waals surface area (Å²) in [6.45, 7) is 5.86. The molecular weight excluding hydrogens is 246 g/mol. The first kappa shape index (κ1) is 13.1. The number of nitrogens with zero attached hydrogens (tertiary/aromatic N) is 2. The highest BCUT2D eigenvalue weighted by atomic mass is 35.5. The molecule has 0 amide bonds. The van der Waals surface area contributed by atoms with Crippen molar-refractivity contribution in [1.29, 1.82) is 0 Å². The Morgan fingerprint density at radius 2 is 2.22 bits per heavy atom. The minimum absolute atomic E-state index is 0.475. The Morgan fingerprint density at radius 3 is 2.94 bits per heavy atom. The summed E-state index contributed by atoms with van der Waals surface area (Å²) in [5.74, 6) is 0. The van der Waals surface area contributed by atoms with Gasteiger partial charge < -0.3 is 9.88 Å². The minimum atomic E-state index is 0.475. The third kappa shape index (κ3) is 3.86. The Hall–Kier alpha value is -1.32. The van der Waals surface area contributed by atoms with Crippen molar-refractivity contribution in [3.05, 3.63) is 53.1 Å². The molecule has 1 aromatic carbocycles. The van der Waals surface area contributed by atoms with Crippen molar-refractivity contribution in [1.82, 2.24) is 14.9 Å². The highest BCUT2D eigenvalue weighted by Gasteiger charge is 2.01. The zero-order chi connectivity index (χ0) is 13.0. The number of halogens is 1. The molecular formula is C14H18ClN3.